The second-order valence-electron chi connectivity index (χ2n) is 5.29. The van der Waals surface area contributed by atoms with Gasteiger partial charge >= 0.3 is 0 Å². The molecule has 0 spiro atoms. The summed E-state index contributed by atoms with van der Waals surface area (Å²) in [6.07, 6.45) is 0.724. The highest BCUT2D eigenvalue weighted by molar-refractivity contribution is 6.42. The Labute approximate surface area is 146 Å². The molecule has 0 fully saturated rings. The van der Waals surface area contributed by atoms with E-state index in [0.29, 0.717) is 21.8 Å². The molecule has 0 saturated carbocycles. The number of aryl methyl sites for hydroxylation is 1. The van der Waals surface area contributed by atoms with Gasteiger partial charge in [0.25, 0.3) is 0 Å². The standard InChI is InChI=1S/C17H16Cl4/c1-12-4-2-3-5-14(12)17(10-18,11-19)9-13-6-7-15(20)16(21)8-13/h2-8H,9-11H2,1H3. The molecular formula is C17H16Cl4. The van der Waals surface area contributed by atoms with Crippen molar-refractivity contribution in [3.05, 3.63) is 69.2 Å². The topological polar surface area (TPSA) is 0 Å². The van der Waals surface area contributed by atoms with Gasteiger partial charge in [0, 0.05) is 17.2 Å². The maximum atomic E-state index is 6.31. The van der Waals surface area contributed by atoms with Gasteiger partial charge in [0.15, 0.2) is 0 Å². The first-order valence-corrected chi connectivity index (χ1v) is 8.47. The Hall–Kier alpha value is -0.400. The van der Waals surface area contributed by atoms with Gasteiger partial charge < -0.3 is 0 Å². The fourth-order valence-electron chi connectivity index (χ4n) is 2.58. The van der Waals surface area contributed by atoms with Crippen LogP contribution in [0.5, 0.6) is 0 Å². The molecule has 0 heterocycles. The first kappa shape index (κ1) is 17.0. The van der Waals surface area contributed by atoms with Crippen LogP contribution in [-0.4, -0.2) is 11.8 Å². The fourth-order valence-corrected chi connectivity index (χ4v) is 3.66. The lowest BCUT2D eigenvalue weighted by atomic mass is 9.77. The number of halogens is 4. The molecule has 2 aromatic rings. The highest BCUT2D eigenvalue weighted by Crippen LogP contribution is 2.35. The third-order valence-corrected chi connectivity index (χ3v) is 5.52. The van der Waals surface area contributed by atoms with Crippen molar-refractivity contribution < 1.29 is 0 Å². The maximum Gasteiger partial charge on any atom is 0.0595 e. The summed E-state index contributed by atoms with van der Waals surface area (Å²) in [6, 6.07) is 13.9. The number of hydrogen-bond donors (Lipinski definition) is 0. The zero-order chi connectivity index (χ0) is 15.5. The van der Waals surface area contributed by atoms with Crippen LogP contribution >= 0.6 is 46.4 Å². The lowest BCUT2D eigenvalue weighted by molar-refractivity contribution is 0.533. The molecule has 0 bridgehead atoms. The van der Waals surface area contributed by atoms with Crippen molar-refractivity contribution in [1.29, 1.82) is 0 Å². The Kier molecular flexibility index (Phi) is 5.85. The molecule has 0 aromatic heterocycles. The van der Waals surface area contributed by atoms with E-state index >= 15 is 0 Å². The number of alkyl halides is 2. The van der Waals surface area contributed by atoms with Gasteiger partial charge in [-0.1, -0.05) is 53.5 Å². The van der Waals surface area contributed by atoms with Gasteiger partial charge in [-0.25, -0.2) is 0 Å². The zero-order valence-corrected chi connectivity index (χ0v) is 14.7. The van der Waals surface area contributed by atoms with E-state index in [9.17, 15) is 0 Å². The molecule has 2 rings (SSSR count). The fraction of sp³-hybridized carbons (Fsp3) is 0.294. The average Bonchev–Trinajstić information content (AvgIpc) is 2.49. The maximum absolute atomic E-state index is 6.31. The second kappa shape index (κ2) is 7.24. The van der Waals surface area contributed by atoms with Crippen LogP contribution in [0.2, 0.25) is 10.0 Å². The predicted molar refractivity (Wildman–Crippen MR) is 94.5 cm³/mol. The minimum Gasteiger partial charge on any atom is -0.126 e. The normalized spacial score (nSPS) is 11.7. The molecule has 0 nitrogen and oxygen atoms in total. The number of rotatable bonds is 5. The Morgan fingerprint density at radius 2 is 1.57 bits per heavy atom. The molecule has 0 aliphatic heterocycles. The average molecular weight is 362 g/mol. The molecule has 21 heavy (non-hydrogen) atoms. The first-order chi connectivity index (χ1) is 10.0. The van der Waals surface area contributed by atoms with E-state index < -0.39 is 0 Å². The smallest absolute Gasteiger partial charge is 0.0595 e. The van der Waals surface area contributed by atoms with E-state index in [1.54, 1.807) is 0 Å². The number of hydrogen-bond acceptors (Lipinski definition) is 0. The van der Waals surface area contributed by atoms with Crippen molar-refractivity contribution in [3.63, 3.8) is 0 Å². The van der Waals surface area contributed by atoms with Gasteiger partial charge in [-0.2, -0.15) is 0 Å². The second-order valence-corrected chi connectivity index (χ2v) is 6.64. The van der Waals surface area contributed by atoms with E-state index in [4.69, 9.17) is 46.4 Å². The van der Waals surface area contributed by atoms with Crippen LogP contribution in [0.1, 0.15) is 16.7 Å². The Bertz CT molecular complexity index is 618. The van der Waals surface area contributed by atoms with Crippen LogP contribution in [0, 0.1) is 6.92 Å². The predicted octanol–water partition coefficient (Wildman–Crippen LogP) is 6.26. The van der Waals surface area contributed by atoms with Crippen LogP contribution in [0.4, 0.5) is 0 Å². The van der Waals surface area contributed by atoms with Gasteiger partial charge in [0.05, 0.1) is 10.0 Å². The molecule has 0 unspecified atom stereocenters. The summed E-state index contributed by atoms with van der Waals surface area (Å²) in [4.78, 5) is 0. The lowest BCUT2D eigenvalue weighted by Gasteiger charge is -2.32. The minimum atomic E-state index is -0.314. The van der Waals surface area contributed by atoms with Crippen LogP contribution in [0.25, 0.3) is 0 Å². The van der Waals surface area contributed by atoms with Gasteiger partial charge in [-0.3, -0.25) is 0 Å². The van der Waals surface area contributed by atoms with Crippen molar-refractivity contribution in [2.24, 2.45) is 0 Å². The van der Waals surface area contributed by atoms with E-state index in [-0.39, 0.29) is 5.41 Å². The highest BCUT2D eigenvalue weighted by Gasteiger charge is 2.32. The summed E-state index contributed by atoms with van der Waals surface area (Å²) in [6.45, 7) is 2.08. The van der Waals surface area contributed by atoms with Crippen LogP contribution < -0.4 is 0 Å². The third kappa shape index (κ3) is 3.68. The molecule has 4 heteroatoms. The minimum absolute atomic E-state index is 0.314. The summed E-state index contributed by atoms with van der Waals surface area (Å²) >= 11 is 24.7. The van der Waals surface area contributed by atoms with Gasteiger partial charge in [-0.05, 0) is 42.2 Å². The largest absolute Gasteiger partial charge is 0.126 e. The van der Waals surface area contributed by atoms with Crippen molar-refractivity contribution in [1.82, 2.24) is 0 Å². The Balaban J connectivity index is 2.43. The van der Waals surface area contributed by atoms with Gasteiger partial charge in [-0.15, -0.1) is 23.2 Å². The quantitative estimate of drug-likeness (QED) is 0.551. The molecule has 0 saturated heterocycles. The molecule has 2 aromatic carbocycles. The van der Waals surface area contributed by atoms with E-state index in [2.05, 4.69) is 19.1 Å². The van der Waals surface area contributed by atoms with Crippen molar-refractivity contribution in [2.45, 2.75) is 18.8 Å². The molecular weight excluding hydrogens is 346 g/mol. The van der Waals surface area contributed by atoms with Crippen molar-refractivity contribution in [3.8, 4) is 0 Å². The monoisotopic (exact) mass is 360 g/mol. The molecule has 0 N–H and O–H groups in total. The SMILES string of the molecule is Cc1ccccc1C(CCl)(CCl)Cc1ccc(Cl)c(Cl)c1. The van der Waals surface area contributed by atoms with Crippen molar-refractivity contribution in [2.75, 3.05) is 11.8 Å². The molecule has 0 aliphatic rings. The van der Waals surface area contributed by atoms with E-state index in [1.807, 2.05) is 30.3 Å². The molecule has 0 radical (unpaired) electrons. The number of benzene rings is 2. The summed E-state index contributed by atoms with van der Waals surface area (Å²) < 4.78 is 0. The third-order valence-electron chi connectivity index (χ3n) is 3.75. The Morgan fingerprint density at radius 3 is 2.14 bits per heavy atom. The Morgan fingerprint density at radius 1 is 0.905 bits per heavy atom. The molecule has 112 valence electrons. The van der Waals surface area contributed by atoms with Gasteiger partial charge in [0.2, 0.25) is 0 Å². The summed E-state index contributed by atoms with van der Waals surface area (Å²) in [5, 5.41) is 1.11. The summed E-state index contributed by atoms with van der Waals surface area (Å²) in [7, 11) is 0. The molecule has 0 amide bonds. The first-order valence-electron chi connectivity index (χ1n) is 6.64. The van der Waals surface area contributed by atoms with Crippen LogP contribution in [-0.2, 0) is 11.8 Å². The molecule has 0 atom stereocenters. The zero-order valence-electron chi connectivity index (χ0n) is 11.7. The molecule has 0 aliphatic carbocycles. The summed E-state index contributed by atoms with van der Waals surface area (Å²) in [5.41, 5.74) is 3.14. The van der Waals surface area contributed by atoms with Crippen LogP contribution in [0.3, 0.4) is 0 Å². The van der Waals surface area contributed by atoms with E-state index in [1.165, 1.54) is 11.1 Å². The van der Waals surface area contributed by atoms with Crippen LogP contribution in [0.15, 0.2) is 42.5 Å². The summed E-state index contributed by atoms with van der Waals surface area (Å²) in [5.74, 6) is 0.892. The van der Waals surface area contributed by atoms with E-state index in [0.717, 1.165) is 12.0 Å². The lowest BCUT2D eigenvalue weighted by Crippen LogP contribution is -2.34. The van der Waals surface area contributed by atoms with Gasteiger partial charge in [0.1, 0.15) is 0 Å². The highest BCUT2D eigenvalue weighted by atomic mass is 35.5. The van der Waals surface area contributed by atoms with Crippen molar-refractivity contribution >= 4 is 46.4 Å².